The number of ether oxygens (including phenoxy) is 2. The lowest BCUT2D eigenvalue weighted by molar-refractivity contribution is 0.0563. The minimum absolute atomic E-state index is 0.352. The second-order valence-corrected chi connectivity index (χ2v) is 5.87. The molecule has 1 heterocycles. The van der Waals surface area contributed by atoms with Gasteiger partial charge in [-0.1, -0.05) is 40.2 Å². The Bertz CT molecular complexity index is 624. The summed E-state index contributed by atoms with van der Waals surface area (Å²) in [5.41, 5.74) is 1.000. The predicted molar refractivity (Wildman–Crippen MR) is 85.0 cm³/mol. The normalized spacial score (nSPS) is 22.8. The maximum absolute atomic E-state index is 6.13. The van der Waals surface area contributed by atoms with Crippen LogP contribution >= 0.6 is 27.5 Å². The number of aliphatic imine (C=N–C) groups is 1. The van der Waals surface area contributed by atoms with Crippen LogP contribution in [0.2, 0.25) is 0 Å². The van der Waals surface area contributed by atoms with E-state index >= 15 is 0 Å². The molecule has 0 fully saturated rings. The Kier molecular flexibility index (Phi) is 4.37. The van der Waals surface area contributed by atoms with Gasteiger partial charge in [0.25, 0.3) is 0 Å². The minimum Gasteiger partial charge on any atom is -0.438 e. The zero-order chi connectivity index (χ0) is 14.9. The largest absolute Gasteiger partial charge is 0.438 e. The monoisotopic (exact) mass is 355 g/mol. The highest BCUT2D eigenvalue weighted by Crippen LogP contribution is 2.30. The van der Waals surface area contributed by atoms with Gasteiger partial charge in [-0.15, -0.1) is 0 Å². The van der Waals surface area contributed by atoms with E-state index in [4.69, 9.17) is 21.1 Å². The third-order valence-corrected chi connectivity index (χ3v) is 4.29. The minimum atomic E-state index is -0.888. The van der Waals surface area contributed by atoms with Gasteiger partial charge >= 0.3 is 0 Å². The van der Waals surface area contributed by atoms with E-state index in [1.54, 1.807) is 13.2 Å². The summed E-state index contributed by atoms with van der Waals surface area (Å²) in [5.74, 6) is 0.788. The average molecular weight is 357 g/mol. The molecule has 0 radical (unpaired) electrons. The van der Waals surface area contributed by atoms with E-state index in [1.165, 1.54) is 0 Å². The van der Waals surface area contributed by atoms with Crippen molar-refractivity contribution in [2.24, 2.45) is 4.99 Å². The van der Waals surface area contributed by atoms with Crippen LogP contribution < -0.4 is 0 Å². The molecule has 1 aromatic carbocycles. The van der Waals surface area contributed by atoms with Gasteiger partial charge in [0.1, 0.15) is 5.76 Å². The van der Waals surface area contributed by atoms with Crippen molar-refractivity contribution < 1.29 is 9.47 Å². The molecule has 106 valence electrons. The predicted octanol–water partition coefficient (Wildman–Crippen LogP) is 4.53. The fraction of sp³-hybridized carbons (Fsp3) is 0.267. The molecule has 1 aliphatic heterocycles. The zero-order valence-electron chi connectivity index (χ0n) is 11.5. The highest BCUT2D eigenvalue weighted by Gasteiger charge is 2.28. The lowest BCUT2D eigenvalue weighted by Gasteiger charge is -2.19. The summed E-state index contributed by atoms with van der Waals surface area (Å²) in [6.45, 7) is 7.61. The summed E-state index contributed by atoms with van der Waals surface area (Å²) in [6, 6.07) is 5.82. The molecule has 0 spiro atoms. The summed E-state index contributed by atoms with van der Waals surface area (Å²) in [5, 5.41) is 0.390. The van der Waals surface area contributed by atoms with Crippen molar-refractivity contribution in [2.75, 3.05) is 7.11 Å². The van der Waals surface area contributed by atoms with Gasteiger partial charge in [0.15, 0.2) is 5.72 Å². The van der Waals surface area contributed by atoms with Crippen molar-refractivity contribution in [3.8, 4) is 0 Å². The van der Waals surface area contributed by atoms with Crippen LogP contribution in [0, 0.1) is 6.92 Å². The van der Waals surface area contributed by atoms with Crippen LogP contribution in [-0.2, 0) is 9.47 Å². The highest BCUT2D eigenvalue weighted by molar-refractivity contribution is 9.10. The first-order valence-electron chi connectivity index (χ1n) is 6.02. The number of methoxy groups -OCH3 is 1. The van der Waals surface area contributed by atoms with Crippen LogP contribution in [0.5, 0.6) is 0 Å². The summed E-state index contributed by atoms with van der Waals surface area (Å²) in [4.78, 5) is 4.53. The molecule has 0 saturated heterocycles. The first-order chi connectivity index (χ1) is 9.36. The van der Waals surface area contributed by atoms with Crippen molar-refractivity contribution in [3.05, 3.63) is 57.2 Å². The van der Waals surface area contributed by atoms with Gasteiger partial charge < -0.3 is 9.47 Å². The van der Waals surface area contributed by atoms with Gasteiger partial charge in [0, 0.05) is 17.1 Å². The van der Waals surface area contributed by atoms with E-state index in [1.807, 2.05) is 32.0 Å². The Morgan fingerprint density at radius 1 is 1.45 bits per heavy atom. The van der Waals surface area contributed by atoms with Crippen LogP contribution in [0.15, 0.2) is 51.1 Å². The second kappa shape index (κ2) is 5.72. The number of hydrogen-bond donors (Lipinski definition) is 0. The van der Waals surface area contributed by atoms with E-state index in [0.717, 1.165) is 15.6 Å². The Balaban J connectivity index is 2.57. The first-order valence-corrected chi connectivity index (χ1v) is 7.19. The smallest absolute Gasteiger partial charge is 0.225 e. The van der Waals surface area contributed by atoms with Gasteiger partial charge in [-0.25, -0.2) is 4.99 Å². The van der Waals surface area contributed by atoms with E-state index < -0.39 is 5.72 Å². The van der Waals surface area contributed by atoms with Gasteiger partial charge in [-0.05, 0) is 37.6 Å². The van der Waals surface area contributed by atoms with E-state index in [9.17, 15) is 0 Å². The summed E-state index contributed by atoms with van der Waals surface area (Å²) in [6.07, 6.45) is 1.68. The molecule has 1 aromatic rings. The number of allylic oxidation sites excluding steroid dienone is 1. The molecular weight excluding hydrogens is 342 g/mol. The van der Waals surface area contributed by atoms with Crippen molar-refractivity contribution >= 4 is 33.4 Å². The fourth-order valence-corrected chi connectivity index (χ4v) is 2.40. The maximum atomic E-state index is 6.13. The van der Waals surface area contributed by atoms with Gasteiger partial charge in [0.2, 0.25) is 5.90 Å². The Morgan fingerprint density at radius 3 is 2.80 bits per heavy atom. The molecular formula is C15H15BrClNO2. The van der Waals surface area contributed by atoms with Crippen molar-refractivity contribution in [1.82, 2.24) is 0 Å². The first kappa shape index (κ1) is 15.3. The van der Waals surface area contributed by atoms with Crippen molar-refractivity contribution in [3.63, 3.8) is 0 Å². The fourth-order valence-electron chi connectivity index (χ4n) is 1.80. The molecule has 1 atom stereocenters. The van der Waals surface area contributed by atoms with Crippen LogP contribution in [0.25, 0.3) is 0 Å². The van der Waals surface area contributed by atoms with Crippen LogP contribution in [0.4, 0.5) is 0 Å². The SMILES string of the molecule is C=C1OC(c2cccc(Br)c2C)=NC(C)(OC)C=C1Cl. The van der Waals surface area contributed by atoms with Gasteiger partial charge in [0.05, 0.1) is 5.03 Å². The van der Waals surface area contributed by atoms with E-state index in [2.05, 4.69) is 27.5 Å². The molecule has 0 amide bonds. The quantitative estimate of drug-likeness (QED) is 0.779. The van der Waals surface area contributed by atoms with Crippen molar-refractivity contribution in [2.45, 2.75) is 19.6 Å². The van der Waals surface area contributed by atoms with Gasteiger partial charge in [-0.2, -0.15) is 0 Å². The number of halogens is 2. The lowest BCUT2D eigenvalue weighted by Crippen LogP contribution is -2.23. The van der Waals surface area contributed by atoms with Crippen LogP contribution in [0.3, 0.4) is 0 Å². The van der Waals surface area contributed by atoms with E-state index in [-0.39, 0.29) is 0 Å². The molecule has 0 aromatic heterocycles. The topological polar surface area (TPSA) is 30.8 Å². The lowest BCUT2D eigenvalue weighted by atomic mass is 10.1. The Labute approximate surface area is 132 Å². The summed E-state index contributed by atoms with van der Waals surface area (Å²) < 4.78 is 12.1. The molecule has 0 bridgehead atoms. The molecule has 0 N–H and O–H groups in total. The molecule has 5 heteroatoms. The average Bonchev–Trinajstić information content (AvgIpc) is 2.51. The number of rotatable bonds is 2. The van der Waals surface area contributed by atoms with Crippen LogP contribution in [0.1, 0.15) is 18.1 Å². The zero-order valence-corrected chi connectivity index (χ0v) is 13.9. The third kappa shape index (κ3) is 2.97. The molecule has 3 nitrogen and oxygen atoms in total. The summed E-state index contributed by atoms with van der Waals surface area (Å²) >= 11 is 9.63. The molecule has 1 aliphatic rings. The molecule has 20 heavy (non-hydrogen) atoms. The number of benzene rings is 1. The third-order valence-electron chi connectivity index (χ3n) is 3.12. The van der Waals surface area contributed by atoms with E-state index in [0.29, 0.717) is 16.7 Å². The standard InChI is InChI=1S/C15H15BrClNO2/c1-9-11(6-5-7-12(9)16)14-18-15(3,19-4)8-13(17)10(2)20-14/h5-8H,2H2,1,3-4H3. The number of hydrogen-bond acceptors (Lipinski definition) is 3. The molecule has 1 unspecified atom stereocenters. The second-order valence-electron chi connectivity index (χ2n) is 4.61. The van der Waals surface area contributed by atoms with Gasteiger partial charge in [-0.3, -0.25) is 0 Å². The van der Waals surface area contributed by atoms with Crippen LogP contribution in [-0.4, -0.2) is 18.7 Å². The van der Waals surface area contributed by atoms with Crippen molar-refractivity contribution in [1.29, 1.82) is 0 Å². The number of nitrogens with zero attached hydrogens (tertiary/aromatic N) is 1. The molecule has 0 saturated carbocycles. The molecule has 0 aliphatic carbocycles. The molecule has 2 rings (SSSR count). The maximum Gasteiger partial charge on any atom is 0.225 e. The summed E-state index contributed by atoms with van der Waals surface area (Å²) in [7, 11) is 1.57. The highest BCUT2D eigenvalue weighted by atomic mass is 79.9. The Morgan fingerprint density at radius 2 is 2.15 bits per heavy atom. The Hall–Kier alpha value is -1.10.